The van der Waals surface area contributed by atoms with Crippen LogP contribution in [-0.2, 0) is 0 Å². The normalized spacial score (nSPS) is 11.2. The van der Waals surface area contributed by atoms with E-state index in [1.165, 1.54) is 58.5 Å². The predicted molar refractivity (Wildman–Crippen MR) is 279 cm³/mol. The molecule has 0 amide bonds. The number of thiophene rings is 2. The van der Waals surface area contributed by atoms with Crippen molar-refractivity contribution in [3.63, 3.8) is 0 Å². The van der Waals surface area contributed by atoms with Crippen LogP contribution < -0.4 is 4.90 Å². The van der Waals surface area contributed by atoms with Crippen LogP contribution in [-0.4, -0.2) is 9.97 Å². The van der Waals surface area contributed by atoms with E-state index >= 15 is 0 Å². The van der Waals surface area contributed by atoms with Crippen LogP contribution in [0.2, 0.25) is 0 Å². The number of rotatable bonds is 10. The Morgan fingerprint density at radius 3 is 1.18 bits per heavy atom. The largest absolute Gasteiger partial charge is 0.310 e. The van der Waals surface area contributed by atoms with E-state index in [2.05, 4.69) is 222 Å². The van der Waals surface area contributed by atoms with Gasteiger partial charge in [0.05, 0.1) is 17.1 Å². The lowest BCUT2D eigenvalue weighted by Crippen LogP contribution is -2.14. The first-order valence-corrected chi connectivity index (χ1v) is 23.7. The summed E-state index contributed by atoms with van der Waals surface area (Å²) in [7, 11) is 0. The predicted octanol–water partition coefficient (Wildman–Crippen LogP) is 17.6. The van der Waals surface area contributed by atoms with Gasteiger partial charge in [-0.25, -0.2) is 0 Å². The number of hydrogen-bond donors (Lipinski definition) is 0. The van der Waals surface area contributed by atoms with Crippen LogP contribution in [0.25, 0.3) is 76.8 Å². The van der Waals surface area contributed by atoms with Gasteiger partial charge in [-0.2, -0.15) is 0 Å². The molecule has 0 spiro atoms. The van der Waals surface area contributed by atoms with Gasteiger partial charge in [0.1, 0.15) is 0 Å². The van der Waals surface area contributed by atoms with Gasteiger partial charge >= 0.3 is 0 Å². The summed E-state index contributed by atoms with van der Waals surface area (Å²) in [6.07, 6.45) is 4.04. The van der Waals surface area contributed by atoms with Gasteiger partial charge in [0, 0.05) is 60.0 Å². The highest BCUT2D eigenvalue weighted by molar-refractivity contribution is 7.15. The molecule has 0 radical (unpaired) electrons. The van der Waals surface area contributed by atoms with E-state index in [0.717, 1.165) is 67.4 Å². The summed E-state index contributed by atoms with van der Waals surface area (Å²) in [5.41, 5.74) is 21.2. The molecule has 0 aliphatic heterocycles. The number of anilines is 3. The Kier molecular flexibility index (Phi) is 11.4. The molecule has 0 bridgehead atoms. The molecule has 4 heterocycles. The van der Waals surface area contributed by atoms with Gasteiger partial charge in [-0.1, -0.05) is 103 Å². The maximum atomic E-state index is 5.14. The van der Waals surface area contributed by atoms with Crippen LogP contribution in [0.1, 0.15) is 32.0 Å². The maximum absolute atomic E-state index is 5.14. The van der Waals surface area contributed by atoms with Crippen molar-refractivity contribution in [3.05, 3.63) is 220 Å². The molecule has 0 saturated carbocycles. The Hall–Kier alpha value is -7.18. The Morgan fingerprint density at radius 2 is 0.769 bits per heavy atom. The standard InChI is InChI=1S/C60H49N3S2/c1-38-26-39(2)60(55(27-38)46-20-14-9-15-21-46)63(51-30-47(28-49(32-51)58-24-22-42(5)64-58)56-34-53(40(3)36-61-56)44-16-10-7-11-17-44)52-31-48(29-50(33-52)59-25-23-43(6)65-59)57-35-54(41(4)37-62-57)45-18-12-8-13-19-45/h7-37H,1-6H3. The molecule has 0 unspecified atom stereocenters. The zero-order valence-electron chi connectivity index (χ0n) is 37.6. The molecule has 3 nitrogen and oxygen atoms in total. The molecule has 0 saturated heterocycles. The second-order valence-electron chi connectivity index (χ2n) is 17.0. The van der Waals surface area contributed by atoms with E-state index in [4.69, 9.17) is 9.97 Å². The van der Waals surface area contributed by atoms with Gasteiger partial charge in [-0.05, 0) is 176 Å². The molecule has 0 fully saturated rings. The molecule has 316 valence electrons. The van der Waals surface area contributed by atoms with Gasteiger partial charge in [0.2, 0.25) is 0 Å². The Bertz CT molecular complexity index is 3150. The zero-order chi connectivity index (χ0) is 44.6. The Morgan fingerprint density at radius 1 is 0.354 bits per heavy atom. The first-order chi connectivity index (χ1) is 31.6. The van der Waals surface area contributed by atoms with E-state index in [9.17, 15) is 0 Å². The number of nitrogens with zero attached hydrogens (tertiary/aromatic N) is 3. The average Bonchev–Trinajstić information content (AvgIpc) is 3.98. The van der Waals surface area contributed by atoms with Crippen molar-refractivity contribution >= 4 is 39.7 Å². The van der Waals surface area contributed by atoms with Crippen LogP contribution in [0.3, 0.4) is 0 Å². The van der Waals surface area contributed by atoms with E-state index in [0.29, 0.717) is 0 Å². The van der Waals surface area contributed by atoms with E-state index in [1.807, 2.05) is 35.1 Å². The van der Waals surface area contributed by atoms with Crippen molar-refractivity contribution in [1.29, 1.82) is 0 Å². The molecule has 6 aromatic carbocycles. The van der Waals surface area contributed by atoms with Gasteiger partial charge in [-0.15, -0.1) is 22.7 Å². The number of aryl methyl sites for hydroxylation is 6. The van der Waals surface area contributed by atoms with Crippen LogP contribution in [0.4, 0.5) is 17.1 Å². The van der Waals surface area contributed by atoms with Gasteiger partial charge in [0.15, 0.2) is 0 Å². The highest BCUT2D eigenvalue weighted by Gasteiger charge is 2.24. The summed E-state index contributed by atoms with van der Waals surface area (Å²) in [5.74, 6) is 0. The van der Waals surface area contributed by atoms with Crippen LogP contribution in [0.5, 0.6) is 0 Å². The molecule has 65 heavy (non-hydrogen) atoms. The molecule has 4 aromatic heterocycles. The molecule has 10 aromatic rings. The van der Waals surface area contributed by atoms with Crippen LogP contribution >= 0.6 is 22.7 Å². The zero-order valence-corrected chi connectivity index (χ0v) is 39.2. The minimum atomic E-state index is 0.926. The quantitative estimate of drug-likeness (QED) is 0.137. The summed E-state index contributed by atoms with van der Waals surface area (Å²) >= 11 is 3.64. The first kappa shape index (κ1) is 41.8. The smallest absolute Gasteiger partial charge is 0.0709 e. The summed E-state index contributed by atoms with van der Waals surface area (Å²) in [6, 6.07) is 64.3. The van der Waals surface area contributed by atoms with Crippen molar-refractivity contribution in [2.75, 3.05) is 4.90 Å². The van der Waals surface area contributed by atoms with Gasteiger partial charge in [0.25, 0.3) is 0 Å². The lowest BCUT2D eigenvalue weighted by Gasteiger charge is -2.31. The SMILES string of the molecule is Cc1cc(C)c(N(c2cc(-c3cc(-c4ccccc4)c(C)cn3)cc(-c3ccc(C)s3)c2)c2cc(-c3cc(-c4ccccc4)c(C)cn3)cc(-c3ccc(C)s3)c2)c(-c2ccccc2)c1. The lowest BCUT2D eigenvalue weighted by molar-refractivity contribution is 1.23. The summed E-state index contributed by atoms with van der Waals surface area (Å²) in [6.45, 7) is 13.1. The minimum absolute atomic E-state index is 0.926. The van der Waals surface area contributed by atoms with Crippen molar-refractivity contribution in [1.82, 2.24) is 9.97 Å². The molecular formula is C60H49N3S2. The first-order valence-electron chi connectivity index (χ1n) is 22.1. The Balaban J connectivity index is 1.28. The highest BCUT2D eigenvalue weighted by atomic mass is 32.1. The number of benzene rings is 6. The fourth-order valence-corrected chi connectivity index (χ4v) is 10.7. The van der Waals surface area contributed by atoms with Crippen molar-refractivity contribution < 1.29 is 0 Å². The summed E-state index contributed by atoms with van der Waals surface area (Å²) < 4.78 is 0. The number of hydrogen-bond acceptors (Lipinski definition) is 5. The number of pyridine rings is 2. The average molecular weight is 876 g/mol. The summed E-state index contributed by atoms with van der Waals surface area (Å²) in [4.78, 5) is 17.8. The monoisotopic (exact) mass is 875 g/mol. The number of aromatic nitrogens is 2. The lowest BCUT2D eigenvalue weighted by atomic mass is 9.94. The third-order valence-electron chi connectivity index (χ3n) is 12.1. The topological polar surface area (TPSA) is 29.0 Å². The van der Waals surface area contributed by atoms with Crippen molar-refractivity contribution in [3.8, 4) is 76.8 Å². The molecule has 5 heteroatoms. The minimum Gasteiger partial charge on any atom is -0.310 e. The molecular weight excluding hydrogens is 827 g/mol. The molecule has 10 rings (SSSR count). The molecule has 0 aliphatic carbocycles. The third-order valence-corrected chi connectivity index (χ3v) is 14.2. The van der Waals surface area contributed by atoms with Gasteiger partial charge < -0.3 is 4.90 Å². The maximum Gasteiger partial charge on any atom is 0.0709 e. The second kappa shape index (κ2) is 17.8. The van der Waals surface area contributed by atoms with Crippen molar-refractivity contribution in [2.45, 2.75) is 41.5 Å². The molecule has 0 atom stereocenters. The third kappa shape index (κ3) is 8.61. The molecule has 0 N–H and O–H groups in total. The van der Waals surface area contributed by atoms with E-state index < -0.39 is 0 Å². The van der Waals surface area contributed by atoms with E-state index in [1.54, 1.807) is 0 Å². The van der Waals surface area contributed by atoms with Crippen molar-refractivity contribution in [2.24, 2.45) is 0 Å². The highest BCUT2D eigenvalue weighted by Crippen LogP contribution is 2.48. The fraction of sp³-hybridized carbons (Fsp3) is 0.100. The van der Waals surface area contributed by atoms with Gasteiger partial charge in [-0.3, -0.25) is 9.97 Å². The van der Waals surface area contributed by atoms with E-state index in [-0.39, 0.29) is 0 Å². The summed E-state index contributed by atoms with van der Waals surface area (Å²) in [5, 5.41) is 0. The second-order valence-corrected chi connectivity index (χ2v) is 19.6. The van der Waals surface area contributed by atoms with Crippen LogP contribution in [0.15, 0.2) is 188 Å². The Labute approximate surface area is 391 Å². The molecule has 0 aliphatic rings. The van der Waals surface area contributed by atoms with Crippen LogP contribution in [0, 0.1) is 41.5 Å². The fourth-order valence-electron chi connectivity index (χ4n) is 8.96.